The molecule has 1 atom stereocenters. The van der Waals surface area contributed by atoms with Gasteiger partial charge in [0.05, 0.1) is 0 Å². The number of rotatable bonds is 3. The van der Waals surface area contributed by atoms with Crippen molar-refractivity contribution in [1.82, 2.24) is 0 Å². The molecule has 0 amide bonds. The SMILES string of the molecule is CCCC(=O)[C@]1(O)Cc2ccccc2C1=O. The van der Waals surface area contributed by atoms with E-state index in [2.05, 4.69) is 0 Å². The largest absolute Gasteiger partial charge is 0.374 e. The Bertz CT molecular complexity index is 450. The van der Waals surface area contributed by atoms with Crippen molar-refractivity contribution in [1.29, 1.82) is 0 Å². The van der Waals surface area contributed by atoms with Gasteiger partial charge in [-0.15, -0.1) is 0 Å². The van der Waals surface area contributed by atoms with Gasteiger partial charge in [-0.3, -0.25) is 9.59 Å². The highest BCUT2D eigenvalue weighted by Gasteiger charge is 2.48. The van der Waals surface area contributed by atoms with E-state index in [1.54, 1.807) is 18.2 Å². The van der Waals surface area contributed by atoms with Crippen LogP contribution in [0.25, 0.3) is 0 Å². The van der Waals surface area contributed by atoms with E-state index in [0.29, 0.717) is 12.0 Å². The molecule has 3 nitrogen and oxygen atoms in total. The summed E-state index contributed by atoms with van der Waals surface area (Å²) in [6.07, 6.45) is 1.02. The van der Waals surface area contributed by atoms with Crippen molar-refractivity contribution < 1.29 is 14.7 Å². The molecule has 0 spiro atoms. The van der Waals surface area contributed by atoms with Crippen molar-refractivity contribution >= 4 is 11.6 Å². The predicted molar refractivity (Wildman–Crippen MR) is 59.3 cm³/mol. The summed E-state index contributed by atoms with van der Waals surface area (Å²) in [6.45, 7) is 1.85. The summed E-state index contributed by atoms with van der Waals surface area (Å²) >= 11 is 0. The van der Waals surface area contributed by atoms with Crippen LogP contribution in [0.4, 0.5) is 0 Å². The molecule has 0 saturated heterocycles. The number of hydrogen-bond donors (Lipinski definition) is 1. The molecule has 1 aliphatic carbocycles. The van der Waals surface area contributed by atoms with E-state index in [9.17, 15) is 14.7 Å². The minimum Gasteiger partial charge on any atom is -0.374 e. The molecule has 0 bridgehead atoms. The maximum atomic E-state index is 12.0. The fourth-order valence-electron chi connectivity index (χ4n) is 2.13. The molecule has 0 unspecified atom stereocenters. The Morgan fingerprint density at radius 3 is 2.75 bits per heavy atom. The Hall–Kier alpha value is -1.48. The van der Waals surface area contributed by atoms with Gasteiger partial charge in [-0.05, 0) is 12.0 Å². The number of carbonyl (C=O) groups is 2. The van der Waals surface area contributed by atoms with Crippen LogP contribution in [0.1, 0.15) is 35.7 Å². The van der Waals surface area contributed by atoms with Crippen molar-refractivity contribution in [2.24, 2.45) is 0 Å². The van der Waals surface area contributed by atoms with E-state index in [0.717, 1.165) is 5.56 Å². The number of ketones is 2. The summed E-state index contributed by atoms with van der Waals surface area (Å²) in [4.78, 5) is 23.7. The lowest BCUT2D eigenvalue weighted by atomic mass is 9.91. The number of benzene rings is 1. The van der Waals surface area contributed by atoms with Crippen LogP contribution < -0.4 is 0 Å². The van der Waals surface area contributed by atoms with Crippen molar-refractivity contribution in [2.45, 2.75) is 31.8 Å². The topological polar surface area (TPSA) is 54.4 Å². The third kappa shape index (κ3) is 1.48. The third-order valence-electron chi connectivity index (χ3n) is 3.02. The minimum absolute atomic E-state index is 0.126. The zero-order valence-electron chi connectivity index (χ0n) is 9.19. The van der Waals surface area contributed by atoms with Gasteiger partial charge in [0.15, 0.2) is 11.4 Å². The van der Waals surface area contributed by atoms with Gasteiger partial charge in [0.1, 0.15) is 0 Å². The van der Waals surface area contributed by atoms with Crippen LogP contribution >= 0.6 is 0 Å². The molecule has 1 N–H and O–H groups in total. The molecule has 84 valence electrons. The summed E-state index contributed by atoms with van der Waals surface area (Å²) < 4.78 is 0. The van der Waals surface area contributed by atoms with Crippen LogP contribution in [0.5, 0.6) is 0 Å². The van der Waals surface area contributed by atoms with E-state index in [1.807, 2.05) is 13.0 Å². The molecule has 0 saturated carbocycles. The van der Waals surface area contributed by atoms with Crippen LogP contribution in [0, 0.1) is 0 Å². The van der Waals surface area contributed by atoms with Gasteiger partial charge in [-0.25, -0.2) is 0 Å². The number of hydrogen-bond acceptors (Lipinski definition) is 3. The first-order valence-corrected chi connectivity index (χ1v) is 5.48. The number of fused-ring (bicyclic) bond motifs is 1. The zero-order valence-corrected chi connectivity index (χ0v) is 9.19. The Morgan fingerprint density at radius 2 is 2.12 bits per heavy atom. The highest BCUT2D eigenvalue weighted by atomic mass is 16.3. The number of carbonyl (C=O) groups excluding carboxylic acids is 2. The second-order valence-corrected chi connectivity index (χ2v) is 4.20. The van der Waals surface area contributed by atoms with E-state index >= 15 is 0 Å². The molecular formula is C13H14O3. The summed E-state index contributed by atoms with van der Waals surface area (Å²) in [5, 5.41) is 10.2. The quantitative estimate of drug-likeness (QED) is 0.783. The first kappa shape index (κ1) is 11.0. The van der Waals surface area contributed by atoms with E-state index in [1.165, 1.54) is 0 Å². The van der Waals surface area contributed by atoms with Crippen molar-refractivity contribution in [3.05, 3.63) is 35.4 Å². The van der Waals surface area contributed by atoms with E-state index < -0.39 is 11.4 Å². The minimum atomic E-state index is -1.81. The molecule has 0 heterocycles. The van der Waals surface area contributed by atoms with Crippen LogP contribution in [0.15, 0.2) is 24.3 Å². The predicted octanol–water partition coefficient (Wildman–Crippen LogP) is 1.53. The maximum absolute atomic E-state index is 12.0. The monoisotopic (exact) mass is 218 g/mol. The average molecular weight is 218 g/mol. The van der Waals surface area contributed by atoms with Crippen LogP contribution in [0.2, 0.25) is 0 Å². The Morgan fingerprint density at radius 1 is 1.44 bits per heavy atom. The first-order valence-electron chi connectivity index (χ1n) is 5.48. The van der Waals surface area contributed by atoms with E-state index in [-0.39, 0.29) is 18.6 Å². The van der Waals surface area contributed by atoms with Gasteiger partial charge in [0.2, 0.25) is 5.78 Å². The van der Waals surface area contributed by atoms with Crippen LogP contribution in [-0.4, -0.2) is 22.3 Å². The second kappa shape index (κ2) is 3.83. The molecule has 2 rings (SSSR count). The number of aliphatic hydroxyl groups is 1. The van der Waals surface area contributed by atoms with Gasteiger partial charge < -0.3 is 5.11 Å². The summed E-state index contributed by atoms with van der Waals surface area (Å²) in [7, 11) is 0. The normalized spacial score (nSPS) is 23.2. The van der Waals surface area contributed by atoms with Crippen LogP contribution in [-0.2, 0) is 11.2 Å². The van der Waals surface area contributed by atoms with Gasteiger partial charge in [-0.2, -0.15) is 0 Å². The smallest absolute Gasteiger partial charge is 0.202 e. The zero-order chi connectivity index (χ0) is 11.8. The lowest BCUT2D eigenvalue weighted by molar-refractivity contribution is -0.132. The highest BCUT2D eigenvalue weighted by Crippen LogP contribution is 2.31. The molecule has 1 aliphatic rings. The third-order valence-corrected chi connectivity index (χ3v) is 3.02. The Balaban J connectivity index is 2.37. The number of Topliss-reactive ketones (excluding diaryl/α,β-unsaturated/α-hetero) is 2. The molecule has 16 heavy (non-hydrogen) atoms. The molecule has 1 aromatic carbocycles. The first-order chi connectivity index (χ1) is 7.59. The van der Waals surface area contributed by atoms with Gasteiger partial charge in [0.25, 0.3) is 0 Å². The fraction of sp³-hybridized carbons (Fsp3) is 0.385. The Kier molecular flexibility index (Phi) is 2.64. The van der Waals surface area contributed by atoms with Crippen molar-refractivity contribution in [3.63, 3.8) is 0 Å². The molecule has 0 radical (unpaired) electrons. The second-order valence-electron chi connectivity index (χ2n) is 4.20. The average Bonchev–Trinajstić information content (AvgIpc) is 2.54. The van der Waals surface area contributed by atoms with E-state index in [4.69, 9.17) is 0 Å². The standard InChI is InChI=1S/C13H14O3/c1-2-5-11(14)13(16)8-9-6-3-4-7-10(9)12(13)15/h3-4,6-7,16H,2,5,8H2,1H3/t13-/m1/s1. The lowest BCUT2D eigenvalue weighted by Gasteiger charge is -2.18. The summed E-state index contributed by atoms with van der Waals surface area (Å²) in [5.74, 6) is -0.808. The summed E-state index contributed by atoms with van der Waals surface area (Å²) in [5.41, 5.74) is -0.561. The molecule has 0 aliphatic heterocycles. The molecule has 0 fully saturated rings. The van der Waals surface area contributed by atoms with Crippen LogP contribution in [0.3, 0.4) is 0 Å². The molecule has 3 heteroatoms. The van der Waals surface area contributed by atoms with Gasteiger partial charge >= 0.3 is 0 Å². The highest BCUT2D eigenvalue weighted by molar-refractivity contribution is 6.20. The lowest BCUT2D eigenvalue weighted by Crippen LogP contribution is -2.44. The van der Waals surface area contributed by atoms with Gasteiger partial charge in [-0.1, -0.05) is 31.2 Å². The summed E-state index contributed by atoms with van der Waals surface area (Å²) in [6, 6.07) is 6.99. The maximum Gasteiger partial charge on any atom is 0.202 e. The van der Waals surface area contributed by atoms with Crippen molar-refractivity contribution in [3.8, 4) is 0 Å². The van der Waals surface area contributed by atoms with Gasteiger partial charge in [0, 0.05) is 18.4 Å². The molecular weight excluding hydrogens is 204 g/mol. The molecule has 1 aromatic rings. The Labute approximate surface area is 94.1 Å². The molecule has 0 aromatic heterocycles. The van der Waals surface area contributed by atoms with Crippen molar-refractivity contribution in [2.75, 3.05) is 0 Å². The fourth-order valence-corrected chi connectivity index (χ4v) is 2.13.